The molecule has 5 nitrogen and oxygen atoms in total. The Hall–Kier alpha value is -2.40. The van der Waals surface area contributed by atoms with E-state index in [4.69, 9.17) is 4.74 Å². The Morgan fingerprint density at radius 3 is 2.52 bits per heavy atom. The maximum atomic E-state index is 12.6. The van der Waals surface area contributed by atoms with E-state index < -0.39 is 0 Å². The van der Waals surface area contributed by atoms with E-state index in [9.17, 15) is 9.59 Å². The molecule has 2 aromatic rings. The van der Waals surface area contributed by atoms with Gasteiger partial charge in [-0.2, -0.15) is 0 Å². The monoisotopic (exact) mass is 314 g/mol. The topological polar surface area (TPSA) is 71.2 Å². The Labute approximate surface area is 136 Å². The number of aromatic amines is 1. The molecule has 23 heavy (non-hydrogen) atoms. The van der Waals surface area contributed by atoms with E-state index in [1.165, 1.54) is 6.92 Å². The van der Waals surface area contributed by atoms with Gasteiger partial charge in [-0.1, -0.05) is 18.2 Å². The Morgan fingerprint density at radius 1 is 1.22 bits per heavy atom. The fourth-order valence-electron chi connectivity index (χ4n) is 2.67. The van der Waals surface area contributed by atoms with Gasteiger partial charge in [0.25, 0.3) is 5.91 Å². The number of benzene rings is 1. The predicted molar refractivity (Wildman–Crippen MR) is 90.0 cm³/mol. The molecule has 0 atom stereocenters. The summed E-state index contributed by atoms with van der Waals surface area (Å²) < 4.78 is 5.42. The number of aryl methyl sites for hydroxylation is 1. The van der Waals surface area contributed by atoms with Gasteiger partial charge in [0.05, 0.1) is 6.61 Å². The summed E-state index contributed by atoms with van der Waals surface area (Å²) >= 11 is 0. The van der Waals surface area contributed by atoms with Crippen LogP contribution in [0.3, 0.4) is 0 Å². The average Bonchev–Trinajstić information content (AvgIpc) is 2.81. The second-order valence-electron chi connectivity index (χ2n) is 5.43. The molecule has 0 bridgehead atoms. The van der Waals surface area contributed by atoms with Crippen molar-refractivity contribution >= 4 is 17.4 Å². The van der Waals surface area contributed by atoms with Crippen molar-refractivity contribution in [3.05, 3.63) is 52.3 Å². The number of H-pyrrole nitrogens is 1. The Morgan fingerprint density at radius 2 is 1.91 bits per heavy atom. The molecule has 0 saturated heterocycles. The smallest absolute Gasteiger partial charge is 0.272 e. The zero-order valence-corrected chi connectivity index (χ0v) is 13.9. The first-order valence-electron chi connectivity index (χ1n) is 7.62. The second-order valence-corrected chi connectivity index (χ2v) is 5.43. The highest BCUT2D eigenvalue weighted by molar-refractivity contribution is 6.07. The number of ether oxygens (including phenoxy) is 1. The maximum absolute atomic E-state index is 12.6. The van der Waals surface area contributed by atoms with Gasteiger partial charge in [0.1, 0.15) is 5.69 Å². The van der Waals surface area contributed by atoms with Gasteiger partial charge >= 0.3 is 0 Å². The van der Waals surface area contributed by atoms with E-state index >= 15 is 0 Å². The Balaban J connectivity index is 2.27. The highest BCUT2D eigenvalue weighted by Crippen LogP contribution is 2.21. The lowest BCUT2D eigenvalue weighted by atomic mass is 10.1. The van der Waals surface area contributed by atoms with E-state index in [-0.39, 0.29) is 11.7 Å². The first-order valence-corrected chi connectivity index (χ1v) is 7.62. The molecule has 0 unspecified atom stereocenters. The van der Waals surface area contributed by atoms with Gasteiger partial charge in [-0.3, -0.25) is 9.59 Å². The normalized spacial score (nSPS) is 10.6. The van der Waals surface area contributed by atoms with Crippen molar-refractivity contribution in [2.45, 2.75) is 34.3 Å². The zero-order chi connectivity index (χ0) is 17.0. The van der Waals surface area contributed by atoms with Crippen LogP contribution < -0.4 is 5.32 Å². The minimum absolute atomic E-state index is 0.0490. The Bertz CT molecular complexity index is 732. The molecule has 2 rings (SSSR count). The molecule has 1 amide bonds. The number of carbonyl (C=O) groups excluding carboxylic acids is 2. The van der Waals surface area contributed by atoms with Gasteiger partial charge in [0.15, 0.2) is 5.78 Å². The van der Waals surface area contributed by atoms with Gasteiger partial charge in [0.2, 0.25) is 0 Å². The van der Waals surface area contributed by atoms with Crippen LogP contribution >= 0.6 is 0 Å². The van der Waals surface area contributed by atoms with E-state index in [2.05, 4.69) is 10.3 Å². The zero-order valence-electron chi connectivity index (χ0n) is 13.9. The van der Waals surface area contributed by atoms with Crippen LogP contribution in [0.5, 0.6) is 0 Å². The van der Waals surface area contributed by atoms with Crippen LogP contribution in [0.15, 0.2) is 24.3 Å². The van der Waals surface area contributed by atoms with Crippen molar-refractivity contribution in [3.63, 3.8) is 0 Å². The minimum atomic E-state index is -0.262. The van der Waals surface area contributed by atoms with Gasteiger partial charge in [-0.05, 0) is 39.3 Å². The standard InChI is InChI=1S/C18H22N2O3/c1-5-23-10-14-8-6-7-9-15(14)20-18(22)17-11(2)16(13(4)21)12(3)19-17/h6-9,19H,5,10H2,1-4H3,(H,20,22). The van der Waals surface area contributed by atoms with Gasteiger partial charge in [-0.15, -0.1) is 0 Å². The van der Waals surface area contributed by atoms with E-state index in [0.29, 0.717) is 41.4 Å². The molecule has 122 valence electrons. The van der Waals surface area contributed by atoms with Gasteiger partial charge < -0.3 is 15.0 Å². The number of carbonyl (C=O) groups is 2. The van der Waals surface area contributed by atoms with Crippen molar-refractivity contribution < 1.29 is 14.3 Å². The number of hydrogen-bond acceptors (Lipinski definition) is 3. The number of ketones is 1. The third-order valence-electron chi connectivity index (χ3n) is 3.74. The molecule has 0 aliphatic heterocycles. The fourth-order valence-corrected chi connectivity index (χ4v) is 2.67. The molecule has 0 aliphatic carbocycles. The number of nitrogens with one attached hydrogen (secondary N) is 2. The molecule has 0 saturated carbocycles. The summed E-state index contributed by atoms with van der Waals surface area (Å²) in [7, 11) is 0. The maximum Gasteiger partial charge on any atom is 0.272 e. The first kappa shape index (κ1) is 17.0. The molecule has 0 aliphatic rings. The number of amides is 1. The number of Topliss-reactive ketones (excluding diaryl/α,β-unsaturated/α-hetero) is 1. The number of rotatable bonds is 6. The lowest BCUT2D eigenvalue weighted by Gasteiger charge is -2.11. The van der Waals surface area contributed by atoms with Crippen molar-refractivity contribution in [1.29, 1.82) is 0 Å². The highest BCUT2D eigenvalue weighted by atomic mass is 16.5. The summed E-state index contributed by atoms with van der Waals surface area (Å²) in [5, 5.41) is 2.89. The van der Waals surface area contributed by atoms with Crippen molar-refractivity contribution in [1.82, 2.24) is 4.98 Å². The first-order chi connectivity index (χ1) is 11.0. The Kier molecular flexibility index (Phi) is 5.34. The van der Waals surface area contributed by atoms with E-state index in [1.54, 1.807) is 13.8 Å². The molecule has 0 spiro atoms. The number of anilines is 1. The van der Waals surface area contributed by atoms with Crippen molar-refractivity contribution in [2.24, 2.45) is 0 Å². The lowest BCUT2D eigenvalue weighted by molar-refractivity contribution is 0.101. The van der Waals surface area contributed by atoms with Crippen LogP contribution in [0, 0.1) is 13.8 Å². The van der Waals surface area contributed by atoms with E-state index in [0.717, 1.165) is 5.56 Å². The van der Waals surface area contributed by atoms with Crippen LogP contribution in [0.1, 0.15) is 51.5 Å². The second kappa shape index (κ2) is 7.24. The number of para-hydroxylation sites is 1. The van der Waals surface area contributed by atoms with Crippen LogP contribution in [-0.2, 0) is 11.3 Å². The largest absolute Gasteiger partial charge is 0.377 e. The van der Waals surface area contributed by atoms with Gasteiger partial charge in [0, 0.05) is 29.1 Å². The molecule has 1 aromatic carbocycles. The molecule has 0 radical (unpaired) electrons. The highest BCUT2D eigenvalue weighted by Gasteiger charge is 2.20. The third kappa shape index (κ3) is 3.68. The van der Waals surface area contributed by atoms with Crippen LogP contribution in [-0.4, -0.2) is 23.3 Å². The summed E-state index contributed by atoms with van der Waals surface area (Å²) in [6, 6.07) is 7.52. The summed E-state index contributed by atoms with van der Waals surface area (Å²) in [4.78, 5) is 27.3. The molecule has 5 heteroatoms. The van der Waals surface area contributed by atoms with Crippen molar-refractivity contribution in [2.75, 3.05) is 11.9 Å². The summed E-state index contributed by atoms with van der Waals surface area (Å²) in [6.45, 7) is 8.05. The molecular weight excluding hydrogens is 292 g/mol. The summed E-state index contributed by atoms with van der Waals surface area (Å²) in [6.07, 6.45) is 0. The van der Waals surface area contributed by atoms with Gasteiger partial charge in [-0.25, -0.2) is 0 Å². The molecule has 2 N–H and O–H groups in total. The van der Waals surface area contributed by atoms with Crippen LogP contribution in [0.2, 0.25) is 0 Å². The fraction of sp³-hybridized carbons (Fsp3) is 0.333. The predicted octanol–water partition coefficient (Wildman–Crippen LogP) is 3.62. The summed E-state index contributed by atoms with van der Waals surface area (Å²) in [5.74, 6) is -0.311. The summed E-state index contributed by atoms with van der Waals surface area (Å²) in [5.41, 5.74) is 4.01. The molecular formula is C18H22N2O3. The number of hydrogen-bond donors (Lipinski definition) is 2. The van der Waals surface area contributed by atoms with Crippen LogP contribution in [0.4, 0.5) is 5.69 Å². The quantitative estimate of drug-likeness (QED) is 0.800. The number of aromatic nitrogens is 1. The average molecular weight is 314 g/mol. The van der Waals surface area contributed by atoms with Crippen LogP contribution in [0.25, 0.3) is 0 Å². The minimum Gasteiger partial charge on any atom is -0.377 e. The molecule has 0 fully saturated rings. The van der Waals surface area contributed by atoms with Crippen molar-refractivity contribution in [3.8, 4) is 0 Å². The third-order valence-corrected chi connectivity index (χ3v) is 3.74. The SMILES string of the molecule is CCOCc1ccccc1NC(=O)c1[nH]c(C)c(C(C)=O)c1C. The van der Waals surface area contributed by atoms with E-state index in [1.807, 2.05) is 31.2 Å². The molecule has 1 aromatic heterocycles. The lowest BCUT2D eigenvalue weighted by Crippen LogP contribution is -2.15. The molecule has 1 heterocycles.